The van der Waals surface area contributed by atoms with Crippen LogP contribution in [-0.4, -0.2) is 22.0 Å². The average Bonchev–Trinajstić information content (AvgIpc) is 2.86. The highest BCUT2D eigenvalue weighted by Gasteiger charge is 2.22. The van der Waals surface area contributed by atoms with Gasteiger partial charge in [0, 0.05) is 0 Å². The van der Waals surface area contributed by atoms with Gasteiger partial charge >= 0.3 is 5.97 Å². The molecular formula is C17H15ClFN3O2S. The summed E-state index contributed by atoms with van der Waals surface area (Å²) in [6, 6.07) is 6.23. The van der Waals surface area contributed by atoms with E-state index in [1.807, 2.05) is 0 Å². The molecule has 3 rings (SSSR count). The average molecular weight is 380 g/mol. The maximum Gasteiger partial charge on any atom is 0.348 e. The van der Waals surface area contributed by atoms with E-state index in [1.54, 1.807) is 39.0 Å². The quantitative estimate of drug-likeness (QED) is 0.504. The SMILES string of the molecule is Cc1c(C(=O)OC(C)C)sc2nc(Cl)nc(Nc3ccccc3F)c12. The molecule has 2 aromatic heterocycles. The van der Waals surface area contributed by atoms with Gasteiger partial charge in [-0.1, -0.05) is 12.1 Å². The van der Waals surface area contributed by atoms with Gasteiger partial charge < -0.3 is 10.1 Å². The van der Waals surface area contributed by atoms with E-state index >= 15 is 0 Å². The molecule has 0 aliphatic carbocycles. The van der Waals surface area contributed by atoms with Crippen LogP contribution in [0.1, 0.15) is 29.1 Å². The molecule has 3 aromatic rings. The lowest BCUT2D eigenvalue weighted by atomic mass is 10.2. The molecular weight excluding hydrogens is 365 g/mol. The van der Waals surface area contributed by atoms with E-state index in [1.165, 1.54) is 17.4 Å². The van der Waals surface area contributed by atoms with Crippen molar-refractivity contribution in [2.24, 2.45) is 0 Å². The Morgan fingerprint density at radius 3 is 2.72 bits per heavy atom. The summed E-state index contributed by atoms with van der Waals surface area (Å²) in [5.41, 5.74) is 0.927. The minimum Gasteiger partial charge on any atom is -0.459 e. The zero-order valence-corrected chi connectivity index (χ0v) is 15.3. The van der Waals surface area contributed by atoms with Crippen molar-refractivity contribution in [2.45, 2.75) is 26.9 Å². The molecule has 0 amide bonds. The number of hydrogen-bond acceptors (Lipinski definition) is 6. The summed E-state index contributed by atoms with van der Waals surface area (Å²) in [7, 11) is 0. The lowest BCUT2D eigenvalue weighted by Gasteiger charge is -2.09. The Kier molecular flexibility index (Phi) is 4.87. The van der Waals surface area contributed by atoms with Crippen LogP contribution in [0.25, 0.3) is 10.2 Å². The van der Waals surface area contributed by atoms with Crippen molar-refractivity contribution in [2.75, 3.05) is 5.32 Å². The first-order valence-electron chi connectivity index (χ1n) is 7.56. The number of thiophene rings is 1. The van der Waals surface area contributed by atoms with Gasteiger partial charge in [-0.25, -0.2) is 14.2 Å². The van der Waals surface area contributed by atoms with Crippen LogP contribution >= 0.6 is 22.9 Å². The second kappa shape index (κ2) is 6.93. The molecule has 0 saturated carbocycles. The highest BCUT2D eigenvalue weighted by molar-refractivity contribution is 7.20. The summed E-state index contributed by atoms with van der Waals surface area (Å²) in [6.45, 7) is 5.34. The molecule has 0 fully saturated rings. The number of ether oxygens (including phenoxy) is 1. The van der Waals surface area contributed by atoms with Crippen molar-refractivity contribution in [1.82, 2.24) is 9.97 Å². The molecule has 1 N–H and O–H groups in total. The second-order valence-electron chi connectivity index (χ2n) is 5.64. The Morgan fingerprint density at radius 1 is 1.32 bits per heavy atom. The van der Waals surface area contributed by atoms with Gasteiger partial charge in [-0.05, 0) is 50.1 Å². The smallest absolute Gasteiger partial charge is 0.348 e. The maximum absolute atomic E-state index is 13.9. The molecule has 1 aromatic carbocycles. The van der Waals surface area contributed by atoms with E-state index in [0.29, 0.717) is 26.5 Å². The number of nitrogens with one attached hydrogen (secondary N) is 1. The minimum absolute atomic E-state index is 0.0105. The number of rotatable bonds is 4. The lowest BCUT2D eigenvalue weighted by molar-refractivity contribution is 0.0383. The highest BCUT2D eigenvalue weighted by atomic mass is 35.5. The largest absolute Gasteiger partial charge is 0.459 e. The molecule has 130 valence electrons. The van der Waals surface area contributed by atoms with E-state index in [-0.39, 0.29) is 17.1 Å². The predicted octanol–water partition coefficient (Wildman–Crippen LogP) is 5.10. The van der Waals surface area contributed by atoms with Crippen LogP contribution < -0.4 is 5.32 Å². The Labute approximate surface area is 152 Å². The number of aromatic nitrogens is 2. The summed E-state index contributed by atoms with van der Waals surface area (Å²) in [6.07, 6.45) is -0.234. The number of anilines is 2. The number of nitrogens with zero attached hydrogens (tertiary/aromatic N) is 2. The third-order valence-electron chi connectivity index (χ3n) is 3.42. The van der Waals surface area contributed by atoms with Crippen LogP contribution in [0, 0.1) is 12.7 Å². The zero-order chi connectivity index (χ0) is 18.1. The molecule has 0 aliphatic heterocycles. The van der Waals surface area contributed by atoms with Crippen LogP contribution in [0.5, 0.6) is 0 Å². The topological polar surface area (TPSA) is 64.1 Å². The first-order valence-corrected chi connectivity index (χ1v) is 8.75. The Balaban J connectivity index is 2.11. The number of benzene rings is 1. The van der Waals surface area contributed by atoms with Crippen molar-refractivity contribution in [3.63, 3.8) is 0 Å². The number of aryl methyl sites for hydroxylation is 1. The fourth-order valence-electron chi connectivity index (χ4n) is 2.36. The molecule has 0 saturated heterocycles. The minimum atomic E-state index is -0.427. The maximum atomic E-state index is 13.9. The number of fused-ring (bicyclic) bond motifs is 1. The van der Waals surface area contributed by atoms with Gasteiger partial charge in [-0.2, -0.15) is 4.98 Å². The molecule has 0 bridgehead atoms. The van der Waals surface area contributed by atoms with Gasteiger partial charge in [-0.3, -0.25) is 0 Å². The summed E-state index contributed by atoms with van der Waals surface area (Å²) in [4.78, 5) is 21.6. The van der Waals surface area contributed by atoms with E-state index in [0.717, 1.165) is 0 Å². The summed E-state index contributed by atoms with van der Waals surface area (Å²) in [5, 5.41) is 3.56. The molecule has 0 atom stereocenters. The number of hydrogen-bond donors (Lipinski definition) is 1. The molecule has 0 unspecified atom stereocenters. The van der Waals surface area contributed by atoms with E-state index < -0.39 is 11.8 Å². The fourth-order valence-corrected chi connectivity index (χ4v) is 3.64. The second-order valence-corrected chi connectivity index (χ2v) is 6.97. The number of carbonyl (C=O) groups is 1. The van der Waals surface area contributed by atoms with E-state index in [4.69, 9.17) is 16.3 Å². The zero-order valence-electron chi connectivity index (χ0n) is 13.8. The predicted molar refractivity (Wildman–Crippen MR) is 97.4 cm³/mol. The van der Waals surface area contributed by atoms with Gasteiger partial charge in [0.2, 0.25) is 5.28 Å². The van der Waals surface area contributed by atoms with Crippen molar-refractivity contribution in [3.05, 3.63) is 45.8 Å². The Bertz CT molecular complexity index is 958. The van der Waals surface area contributed by atoms with Crippen LogP contribution in [0.15, 0.2) is 24.3 Å². The fraction of sp³-hybridized carbons (Fsp3) is 0.235. The normalized spacial score (nSPS) is 11.1. The molecule has 25 heavy (non-hydrogen) atoms. The molecule has 0 radical (unpaired) electrons. The first kappa shape index (κ1) is 17.6. The molecule has 0 spiro atoms. The van der Waals surface area contributed by atoms with Gasteiger partial charge in [-0.15, -0.1) is 11.3 Å². The van der Waals surface area contributed by atoms with Crippen LogP contribution in [0.3, 0.4) is 0 Å². The van der Waals surface area contributed by atoms with Crippen LogP contribution in [0.2, 0.25) is 5.28 Å². The summed E-state index contributed by atoms with van der Waals surface area (Å²) in [5.74, 6) is -0.501. The van der Waals surface area contributed by atoms with Crippen molar-refractivity contribution in [3.8, 4) is 0 Å². The van der Waals surface area contributed by atoms with E-state index in [9.17, 15) is 9.18 Å². The molecule has 8 heteroatoms. The number of carbonyl (C=O) groups excluding carboxylic acids is 1. The van der Waals surface area contributed by atoms with Gasteiger partial charge in [0.15, 0.2) is 0 Å². The number of para-hydroxylation sites is 1. The number of halogens is 2. The first-order chi connectivity index (χ1) is 11.9. The number of esters is 1. The van der Waals surface area contributed by atoms with Gasteiger partial charge in [0.05, 0.1) is 17.2 Å². The third-order valence-corrected chi connectivity index (χ3v) is 4.75. The standard InChI is InChI=1S/C17H15ClFN3O2S/c1-8(2)24-16(23)13-9(3)12-14(21-17(18)22-15(12)25-13)20-11-7-5-4-6-10(11)19/h4-8H,1-3H3,(H,20,21,22). The molecule has 5 nitrogen and oxygen atoms in total. The Hall–Kier alpha value is -2.25. The summed E-state index contributed by atoms with van der Waals surface area (Å²) >= 11 is 7.16. The van der Waals surface area contributed by atoms with Crippen LogP contribution in [0.4, 0.5) is 15.9 Å². The summed E-state index contributed by atoms with van der Waals surface area (Å²) < 4.78 is 19.2. The highest BCUT2D eigenvalue weighted by Crippen LogP contribution is 2.36. The van der Waals surface area contributed by atoms with Crippen molar-refractivity contribution in [1.29, 1.82) is 0 Å². The Morgan fingerprint density at radius 2 is 2.04 bits per heavy atom. The van der Waals surface area contributed by atoms with Gasteiger partial charge in [0.25, 0.3) is 0 Å². The van der Waals surface area contributed by atoms with E-state index in [2.05, 4.69) is 15.3 Å². The van der Waals surface area contributed by atoms with Crippen LogP contribution in [-0.2, 0) is 4.74 Å². The van der Waals surface area contributed by atoms with Crippen molar-refractivity contribution < 1.29 is 13.9 Å². The van der Waals surface area contributed by atoms with Gasteiger partial charge in [0.1, 0.15) is 21.3 Å². The lowest BCUT2D eigenvalue weighted by Crippen LogP contribution is -2.11. The monoisotopic (exact) mass is 379 g/mol. The molecule has 2 heterocycles. The third kappa shape index (κ3) is 3.57. The molecule has 0 aliphatic rings. The van der Waals surface area contributed by atoms with Crippen molar-refractivity contribution >= 4 is 50.6 Å².